The standard InChI is InChI=1S/C19H18N2O.2C2H6/c1-12-15-8-4-2-6-13(15)10-17(12)21-19(22)18-11-14-7-3-5-9-16(14)20-18;2*1-2/h2-9,11-12,17,20H,10H2,1H3,(H,21,22);2*1-2H3/t12-,17-;;/m1../s1. The molecular weight excluding hydrogens is 320 g/mol. The molecule has 0 radical (unpaired) electrons. The predicted octanol–water partition coefficient (Wildman–Crippen LogP) is 5.68. The summed E-state index contributed by atoms with van der Waals surface area (Å²) < 4.78 is 0. The van der Waals surface area contributed by atoms with Crippen LogP contribution < -0.4 is 5.32 Å². The van der Waals surface area contributed by atoms with Gasteiger partial charge < -0.3 is 10.3 Å². The van der Waals surface area contributed by atoms with E-state index in [0.717, 1.165) is 17.3 Å². The number of carbonyl (C=O) groups is 1. The van der Waals surface area contributed by atoms with Gasteiger partial charge in [0.2, 0.25) is 0 Å². The Balaban J connectivity index is 0.000000570. The van der Waals surface area contributed by atoms with E-state index < -0.39 is 0 Å². The molecule has 0 bridgehead atoms. The average Bonchev–Trinajstić information content (AvgIpc) is 3.27. The molecular formula is C23H30N2O. The second kappa shape index (κ2) is 9.23. The summed E-state index contributed by atoms with van der Waals surface area (Å²) in [5, 5.41) is 4.25. The van der Waals surface area contributed by atoms with Crippen LogP contribution in [-0.4, -0.2) is 16.9 Å². The van der Waals surface area contributed by atoms with E-state index in [2.05, 4.69) is 41.5 Å². The number of para-hydroxylation sites is 1. The molecule has 2 atom stereocenters. The fourth-order valence-electron chi connectivity index (χ4n) is 3.41. The highest BCUT2D eigenvalue weighted by atomic mass is 16.1. The van der Waals surface area contributed by atoms with Crippen molar-refractivity contribution in [2.24, 2.45) is 0 Å². The van der Waals surface area contributed by atoms with Gasteiger partial charge in [0.05, 0.1) is 0 Å². The zero-order chi connectivity index (χ0) is 19.1. The Hall–Kier alpha value is -2.55. The van der Waals surface area contributed by atoms with Gasteiger partial charge in [0, 0.05) is 22.9 Å². The van der Waals surface area contributed by atoms with Crippen molar-refractivity contribution >= 4 is 16.8 Å². The second-order valence-corrected chi connectivity index (χ2v) is 6.04. The Kier molecular flexibility index (Phi) is 7.02. The van der Waals surface area contributed by atoms with Crippen molar-refractivity contribution < 1.29 is 4.79 Å². The van der Waals surface area contributed by atoms with Crippen LogP contribution in [0.5, 0.6) is 0 Å². The molecule has 26 heavy (non-hydrogen) atoms. The van der Waals surface area contributed by atoms with E-state index >= 15 is 0 Å². The van der Waals surface area contributed by atoms with Gasteiger partial charge in [0.25, 0.3) is 5.91 Å². The van der Waals surface area contributed by atoms with Gasteiger partial charge >= 0.3 is 0 Å². The number of hydrogen-bond donors (Lipinski definition) is 2. The number of H-pyrrole nitrogens is 1. The first-order chi connectivity index (χ1) is 12.7. The van der Waals surface area contributed by atoms with E-state index in [1.54, 1.807) is 0 Å². The molecule has 4 rings (SSSR count). The third-order valence-corrected chi connectivity index (χ3v) is 4.68. The van der Waals surface area contributed by atoms with Gasteiger partial charge in [0.15, 0.2) is 0 Å². The van der Waals surface area contributed by atoms with E-state index in [0.29, 0.717) is 11.6 Å². The molecule has 0 unspecified atom stereocenters. The van der Waals surface area contributed by atoms with Crippen LogP contribution >= 0.6 is 0 Å². The smallest absolute Gasteiger partial charge is 0.267 e. The maximum absolute atomic E-state index is 12.5. The van der Waals surface area contributed by atoms with Crippen LogP contribution in [0.3, 0.4) is 0 Å². The van der Waals surface area contributed by atoms with Gasteiger partial charge in [-0.15, -0.1) is 0 Å². The van der Waals surface area contributed by atoms with Crippen LogP contribution in [0.15, 0.2) is 54.6 Å². The molecule has 3 nitrogen and oxygen atoms in total. The summed E-state index contributed by atoms with van der Waals surface area (Å²) in [6.45, 7) is 10.2. The molecule has 0 spiro atoms. The molecule has 1 aliphatic rings. The Morgan fingerprint density at radius 1 is 1.00 bits per heavy atom. The van der Waals surface area contributed by atoms with Crippen molar-refractivity contribution in [1.29, 1.82) is 0 Å². The molecule has 0 saturated carbocycles. The lowest BCUT2D eigenvalue weighted by atomic mass is 10.0. The van der Waals surface area contributed by atoms with Crippen LogP contribution in [-0.2, 0) is 6.42 Å². The van der Waals surface area contributed by atoms with Gasteiger partial charge in [-0.25, -0.2) is 0 Å². The van der Waals surface area contributed by atoms with Crippen molar-refractivity contribution in [3.63, 3.8) is 0 Å². The first kappa shape index (κ1) is 19.8. The number of fused-ring (bicyclic) bond motifs is 2. The second-order valence-electron chi connectivity index (χ2n) is 6.04. The zero-order valence-corrected chi connectivity index (χ0v) is 16.5. The van der Waals surface area contributed by atoms with Crippen LogP contribution in [0.1, 0.15) is 62.2 Å². The summed E-state index contributed by atoms with van der Waals surface area (Å²) in [4.78, 5) is 15.7. The van der Waals surface area contributed by atoms with Crippen molar-refractivity contribution in [3.8, 4) is 0 Å². The number of rotatable bonds is 2. The Morgan fingerprint density at radius 2 is 1.65 bits per heavy atom. The minimum atomic E-state index is -0.0270. The number of aromatic amines is 1. The summed E-state index contributed by atoms with van der Waals surface area (Å²) in [6, 6.07) is 18.5. The molecule has 0 saturated heterocycles. The monoisotopic (exact) mass is 350 g/mol. The number of carbonyl (C=O) groups excluding carboxylic acids is 1. The molecule has 1 aromatic heterocycles. The summed E-state index contributed by atoms with van der Waals surface area (Å²) >= 11 is 0. The molecule has 1 aliphatic carbocycles. The van der Waals surface area contributed by atoms with Crippen LogP contribution in [0.4, 0.5) is 0 Å². The van der Waals surface area contributed by atoms with Gasteiger partial charge in [0.1, 0.15) is 5.69 Å². The third-order valence-electron chi connectivity index (χ3n) is 4.68. The van der Waals surface area contributed by atoms with Crippen LogP contribution in [0.2, 0.25) is 0 Å². The fraction of sp³-hybridized carbons (Fsp3) is 0.348. The van der Waals surface area contributed by atoms with Crippen molar-refractivity contribution in [1.82, 2.24) is 10.3 Å². The zero-order valence-electron chi connectivity index (χ0n) is 16.5. The number of benzene rings is 2. The fourth-order valence-corrected chi connectivity index (χ4v) is 3.41. The summed E-state index contributed by atoms with van der Waals surface area (Å²) in [5.41, 5.74) is 4.32. The minimum Gasteiger partial charge on any atom is -0.351 e. The minimum absolute atomic E-state index is 0.0270. The topological polar surface area (TPSA) is 44.9 Å². The van der Waals surface area contributed by atoms with Crippen LogP contribution in [0, 0.1) is 0 Å². The lowest BCUT2D eigenvalue weighted by Crippen LogP contribution is -2.37. The molecule has 2 aromatic carbocycles. The van der Waals surface area contributed by atoms with Gasteiger partial charge in [-0.1, -0.05) is 77.1 Å². The molecule has 0 aliphatic heterocycles. The Labute approximate surface area is 156 Å². The molecule has 3 heteroatoms. The molecule has 0 fully saturated rings. The highest BCUT2D eigenvalue weighted by Gasteiger charge is 2.30. The molecule has 138 valence electrons. The molecule has 3 aromatic rings. The van der Waals surface area contributed by atoms with E-state index in [4.69, 9.17) is 0 Å². The molecule has 2 N–H and O–H groups in total. The third kappa shape index (κ3) is 3.98. The van der Waals surface area contributed by atoms with E-state index in [1.807, 2.05) is 58.0 Å². The lowest BCUT2D eigenvalue weighted by molar-refractivity contribution is 0.0930. The SMILES string of the molecule is CC.CC.C[C@@H]1c2ccccc2C[C@H]1NC(=O)c1cc2ccccc2[nH]1. The van der Waals surface area contributed by atoms with Crippen LogP contribution in [0.25, 0.3) is 10.9 Å². The van der Waals surface area contributed by atoms with Crippen molar-refractivity contribution in [3.05, 3.63) is 71.4 Å². The largest absolute Gasteiger partial charge is 0.351 e. The quantitative estimate of drug-likeness (QED) is 0.614. The van der Waals surface area contributed by atoms with E-state index in [9.17, 15) is 4.79 Å². The van der Waals surface area contributed by atoms with E-state index in [-0.39, 0.29) is 11.9 Å². The lowest BCUT2D eigenvalue weighted by Gasteiger charge is -2.17. The maximum Gasteiger partial charge on any atom is 0.267 e. The maximum atomic E-state index is 12.5. The summed E-state index contributed by atoms with van der Waals surface area (Å²) in [6.07, 6.45) is 0.906. The van der Waals surface area contributed by atoms with Gasteiger partial charge in [-0.05, 0) is 29.7 Å². The molecule has 1 amide bonds. The highest BCUT2D eigenvalue weighted by molar-refractivity contribution is 5.98. The highest BCUT2D eigenvalue weighted by Crippen LogP contribution is 2.32. The van der Waals surface area contributed by atoms with Gasteiger partial charge in [-0.2, -0.15) is 0 Å². The Morgan fingerprint density at radius 3 is 2.35 bits per heavy atom. The first-order valence-corrected chi connectivity index (χ1v) is 9.69. The Bertz CT molecular complexity index is 817. The number of hydrogen-bond acceptors (Lipinski definition) is 1. The summed E-state index contributed by atoms with van der Waals surface area (Å²) in [5.74, 6) is 0.324. The average molecular weight is 351 g/mol. The number of nitrogens with one attached hydrogen (secondary N) is 2. The first-order valence-electron chi connectivity index (χ1n) is 9.69. The van der Waals surface area contributed by atoms with Gasteiger partial charge in [-0.3, -0.25) is 4.79 Å². The van der Waals surface area contributed by atoms with E-state index in [1.165, 1.54) is 11.1 Å². The number of aromatic nitrogens is 1. The number of amides is 1. The summed E-state index contributed by atoms with van der Waals surface area (Å²) in [7, 11) is 0. The van der Waals surface area contributed by atoms with Crippen molar-refractivity contribution in [2.75, 3.05) is 0 Å². The van der Waals surface area contributed by atoms with Crippen molar-refractivity contribution in [2.45, 2.75) is 53.0 Å². The predicted molar refractivity (Wildman–Crippen MR) is 111 cm³/mol. The normalized spacial score (nSPS) is 17.4. The molecule has 1 heterocycles.